The van der Waals surface area contributed by atoms with Gasteiger partial charge in [0.05, 0.1) is 0 Å². The van der Waals surface area contributed by atoms with Crippen LogP contribution in [0.15, 0.2) is 0 Å². The standard InChI is InChI=1S/C26H52N2/c1-20-18-27(15-13-25(5,6)7)19-21(2)24(20)17-26(8,9)14-16-28-22(3)11-10-12-23(28)4/h20-24H,10-19H2,1-9H3. The molecule has 0 saturated carbocycles. The van der Waals surface area contributed by atoms with Gasteiger partial charge in [0.15, 0.2) is 0 Å². The van der Waals surface area contributed by atoms with Crippen molar-refractivity contribution in [2.24, 2.45) is 28.6 Å². The molecule has 0 amide bonds. The Morgan fingerprint density at radius 1 is 0.750 bits per heavy atom. The predicted molar refractivity (Wildman–Crippen MR) is 125 cm³/mol. The van der Waals surface area contributed by atoms with Crippen LogP contribution < -0.4 is 0 Å². The van der Waals surface area contributed by atoms with Crippen LogP contribution in [0.25, 0.3) is 0 Å². The molecular weight excluding hydrogens is 340 g/mol. The van der Waals surface area contributed by atoms with E-state index >= 15 is 0 Å². The average Bonchev–Trinajstić information content (AvgIpc) is 2.55. The Kier molecular flexibility index (Phi) is 8.48. The van der Waals surface area contributed by atoms with Gasteiger partial charge in [-0.2, -0.15) is 0 Å². The maximum Gasteiger partial charge on any atom is 0.00697 e. The number of nitrogens with zero attached hydrogens (tertiary/aromatic N) is 2. The van der Waals surface area contributed by atoms with Crippen LogP contribution in [-0.2, 0) is 0 Å². The molecule has 0 spiro atoms. The highest BCUT2D eigenvalue weighted by atomic mass is 15.2. The Morgan fingerprint density at radius 3 is 1.79 bits per heavy atom. The van der Waals surface area contributed by atoms with Crippen LogP contribution in [0.4, 0.5) is 0 Å². The Balaban J connectivity index is 1.85. The summed E-state index contributed by atoms with van der Waals surface area (Å²) in [6.07, 6.45) is 8.28. The third kappa shape index (κ3) is 7.31. The van der Waals surface area contributed by atoms with Crippen molar-refractivity contribution in [3.05, 3.63) is 0 Å². The quantitative estimate of drug-likeness (QED) is 0.476. The zero-order valence-electron chi connectivity index (χ0n) is 20.9. The van der Waals surface area contributed by atoms with E-state index in [2.05, 4.69) is 72.1 Å². The fourth-order valence-corrected chi connectivity index (χ4v) is 5.89. The maximum atomic E-state index is 2.80. The third-order valence-corrected chi connectivity index (χ3v) is 7.94. The van der Waals surface area contributed by atoms with Gasteiger partial charge in [-0.3, -0.25) is 4.90 Å². The molecule has 2 nitrogen and oxygen atoms in total. The van der Waals surface area contributed by atoms with Gasteiger partial charge in [-0.15, -0.1) is 0 Å². The molecule has 0 radical (unpaired) electrons. The number of likely N-dealkylation sites (tertiary alicyclic amines) is 2. The van der Waals surface area contributed by atoms with Crippen molar-refractivity contribution < 1.29 is 0 Å². The summed E-state index contributed by atoms with van der Waals surface area (Å²) in [5.41, 5.74) is 0.908. The molecule has 4 atom stereocenters. The van der Waals surface area contributed by atoms with E-state index in [9.17, 15) is 0 Å². The summed E-state index contributed by atoms with van der Waals surface area (Å²) in [5.74, 6) is 2.55. The molecule has 2 aliphatic heterocycles. The highest BCUT2D eigenvalue weighted by Crippen LogP contribution is 2.40. The molecule has 2 heteroatoms. The average molecular weight is 393 g/mol. The molecule has 28 heavy (non-hydrogen) atoms. The van der Waals surface area contributed by atoms with Crippen molar-refractivity contribution in [3.8, 4) is 0 Å². The van der Waals surface area contributed by atoms with E-state index in [0.29, 0.717) is 10.8 Å². The molecule has 2 rings (SSSR count). The van der Waals surface area contributed by atoms with Gasteiger partial charge in [0, 0.05) is 25.2 Å². The first-order chi connectivity index (χ1) is 12.9. The molecular formula is C26H52N2. The minimum absolute atomic E-state index is 0.452. The summed E-state index contributed by atoms with van der Waals surface area (Å²) < 4.78 is 0. The van der Waals surface area contributed by atoms with Crippen LogP contribution in [0.1, 0.15) is 101 Å². The minimum Gasteiger partial charge on any atom is -0.303 e. The second-order valence-electron chi connectivity index (χ2n) is 12.7. The maximum absolute atomic E-state index is 2.80. The summed E-state index contributed by atoms with van der Waals surface area (Å²) in [4.78, 5) is 5.55. The summed E-state index contributed by atoms with van der Waals surface area (Å²) in [7, 11) is 0. The van der Waals surface area contributed by atoms with Crippen molar-refractivity contribution >= 4 is 0 Å². The first-order valence-electron chi connectivity index (χ1n) is 12.4. The zero-order chi connectivity index (χ0) is 21.1. The van der Waals surface area contributed by atoms with E-state index in [4.69, 9.17) is 0 Å². The molecule has 0 aromatic rings. The third-order valence-electron chi connectivity index (χ3n) is 7.94. The molecule has 2 aliphatic rings. The molecule has 166 valence electrons. The van der Waals surface area contributed by atoms with Crippen molar-refractivity contribution in [2.45, 2.75) is 113 Å². The monoisotopic (exact) mass is 392 g/mol. The van der Waals surface area contributed by atoms with E-state index in [-0.39, 0.29) is 0 Å². The molecule has 0 N–H and O–H groups in total. The Bertz CT molecular complexity index is 442. The number of hydrogen-bond donors (Lipinski definition) is 0. The number of piperidine rings is 2. The van der Waals surface area contributed by atoms with Crippen molar-refractivity contribution in [1.29, 1.82) is 0 Å². The van der Waals surface area contributed by atoms with E-state index in [1.165, 1.54) is 64.7 Å². The summed E-state index contributed by atoms with van der Waals surface area (Å²) in [5, 5.41) is 0. The minimum atomic E-state index is 0.452. The van der Waals surface area contributed by atoms with Gasteiger partial charge in [-0.05, 0) is 87.6 Å². The summed E-state index contributed by atoms with van der Waals surface area (Å²) in [6.45, 7) is 27.3. The van der Waals surface area contributed by atoms with Crippen molar-refractivity contribution in [3.63, 3.8) is 0 Å². The second kappa shape index (κ2) is 9.82. The normalized spacial score (nSPS) is 34.0. The molecule has 4 unspecified atom stereocenters. The molecule has 2 saturated heterocycles. The van der Waals surface area contributed by atoms with Gasteiger partial charge in [0.1, 0.15) is 0 Å². The fraction of sp³-hybridized carbons (Fsp3) is 1.00. The van der Waals surface area contributed by atoms with Crippen molar-refractivity contribution in [2.75, 3.05) is 26.2 Å². The van der Waals surface area contributed by atoms with Crippen LogP contribution in [0, 0.1) is 28.6 Å². The van der Waals surface area contributed by atoms with E-state index < -0.39 is 0 Å². The van der Waals surface area contributed by atoms with E-state index in [1.54, 1.807) is 0 Å². The lowest BCUT2D eigenvalue weighted by Crippen LogP contribution is -2.47. The Labute approximate surface area is 177 Å². The highest BCUT2D eigenvalue weighted by molar-refractivity contribution is 4.88. The molecule has 2 heterocycles. The van der Waals surface area contributed by atoms with Gasteiger partial charge in [0.25, 0.3) is 0 Å². The molecule has 0 bridgehead atoms. The van der Waals surface area contributed by atoms with Gasteiger partial charge >= 0.3 is 0 Å². The lowest BCUT2D eigenvalue weighted by atomic mass is 9.69. The number of rotatable bonds is 7. The molecule has 0 aromatic heterocycles. The fourth-order valence-electron chi connectivity index (χ4n) is 5.89. The van der Waals surface area contributed by atoms with Crippen LogP contribution >= 0.6 is 0 Å². The van der Waals surface area contributed by atoms with Crippen LogP contribution in [0.2, 0.25) is 0 Å². The summed E-state index contributed by atoms with van der Waals surface area (Å²) in [6, 6.07) is 1.56. The van der Waals surface area contributed by atoms with Gasteiger partial charge in [0.2, 0.25) is 0 Å². The second-order valence-corrected chi connectivity index (χ2v) is 12.7. The van der Waals surface area contributed by atoms with Crippen LogP contribution in [0.5, 0.6) is 0 Å². The van der Waals surface area contributed by atoms with E-state index in [0.717, 1.165) is 29.8 Å². The van der Waals surface area contributed by atoms with Crippen molar-refractivity contribution in [1.82, 2.24) is 9.80 Å². The first-order valence-corrected chi connectivity index (χ1v) is 12.4. The highest BCUT2D eigenvalue weighted by Gasteiger charge is 2.36. The van der Waals surface area contributed by atoms with Gasteiger partial charge in [-0.25, -0.2) is 0 Å². The number of hydrogen-bond acceptors (Lipinski definition) is 2. The first kappa shape index (κ1) is 24.2. The van der Waals surface area contributed by atoms with E-state index in [1.807, 2.05) is 0 Å². The topological polar surface area (TPSA) is 6.48 Å². The van der Waals surface area contributed by atoms with Gasteiger partial charge in [-0.1, -0.05) is 54.9 Å². The Hall–Kier alpha value is -0.0800. The largest absolute Gasteiger partial charge is 0.303 e. The molecule has 0 aromatic carbocycles. The lowest BCUT2D eigenvalue weighted by molar-refractivity contribution is 0.0335. The smallest absolute Gasteiger partial charge is 0.00697 e. The zero-order valence-corrected chi connectivity index (χ0v) is 20.9. The summed E-state index contributed by atoms with van der Waals surface area (Å²) >= 11 is 0. The molecule has 2 fully saturated rings. The SMILES string of the molecule is CC1CN(CCC(C)(C)C)CC(C)C1CC(C)(C)CCN1C(C)CCCC1C. The van der Waals surface area contributed by atoms with Crippen LogP contribution in [0.3, 0.4) is 0 Å². The Morgan fingerprint density at radius 2 is 1.29 bits per heavy atom. The predicted octanol–water partition coefficient (Wildman–Crippen LogP) is 6.70. The molecule has 0 aliphatic carbocycles. The van der Waals surface area contributed by atoms with Gasteiger partial charge < -0.3 is 4.90 Å². The lowest BCUT2D eigenvalue weighted by Gasteiger charge is -2.46. The van der Waals surface area contributed by atoms with Crippen LogP contribution in [-0.4, -0.2) is 48.1 Å².